The van der Waals surface area contributed by atoms with E-state index in [-0.39, 0.29) is 19.0 Å². The van der Waals surface area contributed by atoms with Crippen molar-refractivity contribution in [3.8, 4) is 17.2 Å². The summed E-state index contributed by atoms with van der Waals surface area (Å²) in [6.45, 7) is -0.268. The number of phenols is 1. The van der Waals surface area contributed by atoms with Crippen LogP contribution < -0.4 is 9.47 Å². The molecule has 0 fully saturated rings. The molecule has 124 valence electrons. The van der Waals surface area contributed by atoms with Crippen molar-refractivity contribution in [2.75, 3.05) is 20.3 Å². The average Bonchev–Trinajstić information content (AvgIpc) is 2.59. The molecule has 2 aromatic rings. The van der Waals surface area contributed by atoms with Gasteiger partial charge < -0.3 is 24.8 Å². The van der Waals surface area contributed by atoms with Gasteiger partial charge >= 0.3 is 0 Å². The van der Waals surface area contributed by atoms with Crippen molar-refractivity contribution in [1.29, 1.82) is 0 Å². The van der Waals surface area contributed by atoms with Gasteiger partial charge in [-0.3, -0.25) is 0 Å². The zero-order valence-electron chi connectivity index (χ0n) is 13.1. The van der Waals surface area contributed by atoms with E-state index in [9.17, 15) is 10.2 Å². The molecule has 2 rings (SSSR count). The largest absolute Gasteiger partial charge is 0.504 e. The molecule has 0 aliphatic heterocycles. The number of rotatable bonds is 8. The number of ether oxygens (including phenoxy) is 2. The van der Waals surface area contributed by atoms with Crippen LogP contribution in [0, 0.1) is 0 Å². The average molecular weight is 318 g/mol. The highest BCUT2D eigenvalue weighted by Gasteiger charge is 2.08. The second-order valence-electron chi connectivity index (χ2n) is 5.26. The molecule has 0 radical (unpaired) electrons. The Hall–Kier alpha value is -2.24. The number of para-hydroxylation sites is 1. The lowest BCUT2D eigenvalue weighted by atomic mass is 10.0. The van der Waals surface area contributed by atoms with E-state index < -0.39 is 6.10 Å². The fourth-order valence-corrected chi connectivity index (χ4v) is 2.25. The minimum Gasteiger partial charge on any atom is -0.504 e. The van der Waals surface area contributed by atoms with Gasteiger partial charge in [-0.15, -0.1) is 0 Å². The third-order valence-electron chi connectivity index (χ3n) is 3.54. The molecule has 0 saturated carbocycles. The van der Waals surface area contributed by atoms with E-state index in [0.717, 1.165) is 24.0 Å². The lowest BCUT2D eigenvalue weighted by molar-refractivity contribution is 0.0533. The zero-order valence-corrected chi connectivity index (χ0v) is 13.1. The molecule has 5 nitrogen and oxygen atoms in total. The van der Waals surface area contributed by atoms with Crippen molar-refractivity contribution in [3.05, 3.63) is 53.6 Å². The molecule has 0 aliphatic rings. The monoisotopic (exact) mass is 318 g/mol. The maximum absolute atomic E-state index is 9.62. The summed E-state index contributed by atoms with van der Waals surface area (Å²) >= 11 is 0. The first-order valence-electron chi connectivity index (χ1n) is 7.49. The highest BCUT2D eigenvalue weighted by Crippen LogP contribution is 2.27. The van der Waals surface area contributed by atoms with Crippen molar-refractivity contribution in [2.45, 2.75) is 18.9 Å². The first-order chi connectivity index (χ1) is 11.1. The van der Waals surface area contributed by atoms with E-state index in [1.165, 1.54) is 7.11 Å². The molecule has 0 unspecified atom stereocenters. The van der Waals surface area contributed by atoms with Crippen LogP contribution in [0.25, 0.3) is 0 Å². The standard InChI is InChI=1S/C18H22O5/c1-22-18-10-13(7-9-16(18)21)6-8-14-4-2-3-5-17(14)23-12-15(20)11-19/h2-5,7,9-10,15,19-21H,6,8,11-12H2,1H3/t15-/m1/s1. The summed E-state index contributed by atoms with van der Waals surface area (Å²) in [6, 6.07) is 12.9. The molecule has 3 N–H and O–H groups in total. The van der Waals surface area contributed by atoms with Gasteiger partial charge in [0.2, 0.25) is 0 Å². The van der Waals surface area contributed by atoms with Crippen LogP contribution in [-0.2, 0) is 12.8 Å². The third kappa shape index (κ3) is 4.87. The Balaban J connectivity index is 2.03. The minimum atomic E-state index is -0.885. The van der Waals surface area contributed by atoms with Gasteiger partial charge in [0.25, 0.3) is 0 Å². The Labute approximate surface area is 135 Å². The van der Waals surface area contributed by atoms with Crippen molar-refractivity contribution < 1.29 is 24.8 Å². The van der Waals surface area contributed by atoms with E-state index in [1.807, 2.05) is 36.4 Å². The molecule has 0 aromatic heterocycles. The maximum Gasteiger partial charge on any atom is 0.160 e. The highest BCUT2D eigenvalue weighted by atomic mass is 16.5. The summed E-state index contributed by atoms with van der Waals surface area (Å²) in [5.74, 6) is 1.28. The third-order valence-corrected chi connectivity index (χ3v) is 3.54. The van der Waals surface area contributed by atoms with Crippen LogP contribution in [0.4, 0.5) is 0 Å². The number of aryl methyl sites for hydroxylation is 2. The summed E-state index contributed by atoms with van der Waals surface area (Å²) in [6.07, 6.45) is 0.628. The summed E-state index contributed by atoms with van der Waals surface area (Å²) in [5, 5.41) is 27.9. The Morgan fingerprint density at radius 1 is 1.04 bits per heavy atom. The second-order valence-corrected chi connectivity index (χ2v) is 5.26. The van der Waals surface area contributed by atoms with E-state index in [4.69, 9.17) is 14.6 Å². The van der Waals surface area contributed by atoms with Crippen molar-refractivity contribution in [3.63, 3.8) is 0 Å². The molecule has 5 heteroatoms. The normalized spacial score (nSPS) is 12.0. The summed E-state index contributed by atoms with van der Waals surface area (Å²) in [4.78, 5) is 0. The van der Waals surface area contributed by atoms with Crippen LogP contribution in [0.1, 0.15) is 11.1 Å². The maximum atomic E-state index is 9.62. The van der Waals surface area contributed by atoms with Gasteiger partial charge in [-0.05, 0) is 42.2 Å². The van der Waals surface area contributed by atoms with Gasteiger partial charge in [0.05, 0.1) is 13.7 Å². The number of aromatic hydroxyl groups is 1. The molecule has 0 aliphatic carbocycles. The number of methoxy groups -OCH3 is 1. The van der Waals surface area contributed by atoms with Crippen LogP contribution in [-0.4, -0.2) is 41.7 Å². The topological polar surface area (TPSA) is 79.2 Å². The first kappa shape index (κ1) is 17.1. The predicted molar refractivity (Wildman–Crippen MR) is 87.1 cm³/mol. The van der Waals surface area contributed by atoms with Gasteiger partial charge in [0.15, 0.2) is 11.5 Å². The fraction of sp³-hybridized carbons (Fsp3) is 0.333. The second kappa shape index (κ2) is 8.41. The molecule has 0 spiro atoms. The number of aliphatic hydroxyl groups is 2. The fourth-order valence-electron chi connectivity index (χ4n) is 2.25. The van der Waals surface area contributed by atoms with Crippen LogP contribution >= 0.6 is 0 Å². The van der Waals surface area contributed by atoms with Gasteiger partial charge in [-0.1, -0.05) is 24.3 Å². The molecule has 0 amide bonds. The SMILES string of the molecule is COc1cc(CCc2ccccc2OC[C@H](O)CO)ccc1O. The summed E-state index contributed by atoms with van der Waals surface area (Å²) < 4.78 is 10.7. The van der Waals surface area contributed by atoms with Crippen molar-refractivity contribution >= 4 is 0 Å². The number of phenolic OH excluding ortho intramolecular Hbond substituents is 1. The Bertz CT molecular complexity index is 627. The minimum absolute atomic E-state index is 0.0561. The van der Waals surface area contributed by atoms with Crippen molar-refractivity contribution in [1.82, 2.24) is 0 Å². The zero-order chi connectivity index (χ0) is 16.7. The van der Waals surface area contributed by atoms with Gasteiger partial charge in [-0.25, -0.2) is 0 Å². The molecule has 0 saturated heterocycles. The molecular weight excluding hydrogens is 296 g/mol. The first-order valence-corrected chi connectivity index (χ1v) is 7.49. The van der Waals surface area contributed by atoms with Gasteiger partial charge in [0.1, 0.15) is 18.5 Å². The van der Waals surface area contributed by atoms with E-state index >= 15 is 0 Å². The van der Waals surface area contributed by atoms with Crippen LogP contribution in [0.5, 0.6) is 17.2 Å². The lowest BCUT2D eigenvalue weighted by Gasteiger charge is -2.14. The van der Waals surface area contributed by atoms with Gasteiger partial charge in [0, 0.05) is 0 Å². The Kier molecular flexibility index (Phi) is 6.26. The predicted octanol–water partition coefficient (Wildman–Crippen LogP) is 1.92. The number of hydrogen-bond donors (Lipinski definition) is 3. The Morgan fingerprint density at radius 2 is 1.83 bits per heavy atom. The quantitative estimate of drug-likeness (QED) is 0.693. The highest BCUT2D eigenvalue weighted by molar-refractivity contribution is 5.42. The van der Waals surface area contributed by atoms with Crippen LogP contribution in [0.15, 0.2) is 42.5 Å². The van der Waals surface area contributed by atoms with E-state index in [0.29, 0.717) is 11.5 Å². The number of hydrogen-bond acceptors (Lipinski definition) is 5. The van der Waals surface area contributed by atoms with E-state index in [1.54, 1.807) is 6.07 Å². The summed E-state index contributed by atoms with van der Waals surface area (Å²) in [7, 11) is 1.52. The molecule has 0 bridgehead atoms. The smallest absolute Gasteiger partial charge is 0.160 e. The molecule has 23 heavy (non-hydrogen) atoms. The van der Waals surface area contributed by atoms with Gasteiger partial charge in [-0.2, -0.15) is 0 Å². The molecular formula is C18H22O5. The molecule has 0 heterocycles. The summed E-state index contributed by atoms with van der Waals surface area (Å²) in [5.41, 5.74) is 2.06. The van der Waals surface area contributed by atoms with Crippen LogP contribution in [0.3, 0.4) is 0 Å². The van der Waals surface area contributed by atoms with E-state index in [2.05, 4.69) is 0 Å². The van der Waals surface area contributed by atoms with Crippen molar-refractivity contribution in [2.24, 2.45) is 0 Å². The molecule has 2 aromatic carbocycles. The molecule has 1 atom stereocenters. The van der Waals surface area contributed by atoms with Crippen LogP contribution in [0.2, 0.25) is 0 Å². The lowest BCUT2D eigenvalue weighted by Crippen LogP contribution is -2.21. The Morgan fingerprint density at radius 3 is 2.57 bits per heavy atom. The number of benzene rings is 2. The number of aliphatic hydroxyl groups excluding tert-OH is 2.